The molecule has 4 rings (SSSR count). The number of ether oxygens (including phenoxy) is 1. The zero-order chi connectivity index (χ0) is 25.2. The molecule has 0 aliphatic carbocycles. The second-order valence-corrected chi connectivity index (χ2v) is 8.50. The Hall–Kier alpha value is -4.38. The molecular weight excluding hydrogens is 448 g/mol. The molecule has 0 bridgehead atoms. The molecular formula is C31H30N2O3. The van der Waals surface area contributed by atoms with Gasteiger partial charge in [0.1, 0.15) is 5.75 Å². The third kappa shape index (κ3) is 6.60. The highest BCUT2D eigenvalue weighted by Gasteiger charge is 2.15. The lowest BCUT2D eigenvalue weighted by Gasteiger charge is -2.15. The van der Waals surface area contributed by atoms with E-state index in [0.717, 1.165) is 34.4 Å². The SMILES string of the molecule is COc1ccc(CC(=O)NCc2ccccc2-c2ccccc2C(=O)NCCc2ccccc2)cc1. The predicted octanol–water partition coefficient (Wildman–Crippen LogP) is 5.19. The summed E-state index contributed by atoms with van der Waals surface area (Å²) in [6, 6.07) is 33.0. The van der Waals surface area contributed by atoms with Gasteiger partial charge in [-0.05, 0) is 52.4 Å². The van der Waals surface area contributed by atoms with Gasteiger partial charge in [0.05, 0.1) is 13.5 Å². The first-order valence-corrected chi connectivity index (χ1v) is 12.0. The average molecular weight is 479 g/mol. The molecule has 5 nitrogen and oxygen atoms in total. The monoisotopic (exact) mass is 478 g/mol. The molecule has 0 radical (unpaired) electrons. The van der Waals surface area contributed by atoms with Crippen molar-refractivity contribution in [2.45, 2.75) is 19.4 Å². The first-order valence-electron chi connectivity index (χ1n) is 12.0. The van der Waals surface area contributed by atoms with Crippen molar-refractivity contribution in [2.24, 2.45) is 0 Å². The van der Waals surface area contributed by atoms with Crippen LogP contribution in [0.1, 0.15) is 27.0 Å². The second-order valence-electron chi connectivity index (χ2n) is 8.50. The largest absolute Gasteiger partial charge is 0.497 e. The van der Waals surface area contributed by atoms with Crippen molar-refractivity contribution >= 4 is 11.8 Å². The lowest BCUT2D eigenvalue weighted by molar-refractivity contribution is -0.120. The Morgan fingerprint density at radius 1 is 0.694 bits per heavy atom. The van der Waals surface area contributed by atoms with E-state index < -0.39 is 0 Å². The number of hydrogen-bond acceptors (Lipinski definition) is 3. The van der Waals surface area contributed by atoms with Crippen LogP contribution in [-0.2, 0) is 24.2 Å². The summed E-state index contributed by atoms with van der Waals surface area (Å²) in [4.78, 5) is 25.7. The molecule has 0 fully saturated rings. The van der Waals surface area contributed by atoms with Gasteiger partial charge in [-0.3, -0.25) is 9.59 Å². The van der Waals surface area contributed by atoms with Crippen LogP contribution in [0.4, 0.5) is 0 Å². The van der Waals surface area contributed by atoms with E-state index in [-0.39, 0.29) is 18.2 Å². The Balaban J connectivity index is 1.43. The molecule has 0 aliphatic heterocycles. The van der Waals surface area contributed by atoms with Crippen LogP contribution in [0.5, 0.6) is 5.75 Å². The second kappa shape index (κ2) is 12.4. The minimum absolute atomic E-state index is 0.0677. The lowest BCUT2D eigenvalue weighted by atomic mass is 9.94. The van der Waals surface area contributed by atoms with E-state index in [1.54, 1.807) is 7.11 Å². The molecule has 0 atom stereocenters. The van der Waals surface area contributed by atoms with E-state index in [1.165, 1.54) is 5.56 Å². The maximum absolute atomic E-state index is 13.1. The summed E-state index contributed by atoms with van der Waals surface area (Å²) >= 11 is 0. The fourth-order valence-electron chi connectivity index (χ4n) is 4.10. The van der Waals surface area contributed by atoms with Crippen molar-refractivity contribution < 1.29 is 14.3 Å². The Morgan fingerprint density at radius 2 is 1.36 bits per heavy atom. The smallest absolute Gasteiger partial charge is 0.251 e. The Morgan fingerprint density at radius 3 is 2.11 bits per heavy atom. The summed E-state index contributed by atoms with van der Waals surface area (Å²) in [5.41, 5.74) is 5.43. The van der Waals surface area contributed by atoms with E-state index >= 15 is 0 Å². The quantitative estimate of drug-likeness (QED) is 0.330. The van der Waals surface area contributed by atoms with Gasteiger partial charge in [-0.15, -0.1) is 0 Å². The highest BCUT2D eigenvalue weighted by molar-refractivity contribution is 6.01. The van der Waals surface area contributed by atoms with Crippen molar-refractivity contribution in [3.63, 3.8) is 0 Å². The van der Waals surface area contributed by atoms with Crippen LogP contribution in [0, 0.1) is 0 Å². The Bertz CT molecular complexity index is 1300. The maximum atomic E-state index is 13.1. The third-order valence-corrected chi connectivity index (χ3v) is 6.02. The van der Waals surface area contributed by atoms with Crippen LogP contribution >= 0.6 is 0 Å². The van der Waals surface area contributed by atoms with Gasteiger partial charge < -0.3 is 15.4 Å². The molecule has 36 heavy (non-hydrogen) atoms. The molecule has 0 saturated heterocycles. The van der Waals surface area contributed by atoms with E-state index in [1.807, 2.05) is 91.0 Å². The van der Waals surface area contributed by atoms with E-state index in [9.17, 15) is 9.59 Å². The summed E-state index contributed by atoms with van der Waals surface area (Å²) in [5.74, 6) is 0.581. The molecule has 0 aliphatic rings. The van der Waals surface area contributed by atoms with Crippen molar-refractivity contribution in [3.05, 3.63) is 125 Å². The zero-order valence-electron chi connectivity index (χ0n) is 20.4. The standard InChI is InChI=1S/C31H30N2O3/c1-36-26-17-15-24(16-18-26)21-30(34)33-22-25-11-5-6-12-27(25)28-13-7-8-14-29(28)31(35)32-20-19-23-9-3-2-4-10-23/h2-18H,19-22H2,1H3,(H,32,35)(H,33,34). The average Bonchev–Trinajstić information content (AvgIpc) is 2.93. The number of nitrogens with one attached hydrogen (secondary N) is 2. The Kier molecular flexibility index (Phi) is 8.49. The van der Waals surface area contributed by atoms with Gasteiger partial charge in [0.25, 0.3) is 5.91 Å². The number of amides is 2. The van der Waals surface area contributed by atoms with Gasteiger partial charge in [0, 0.05) is 18.7 Å². The third-order valence-electron chi connectivity index (χ3n) is 6.02. The first-order chi connectivity index (χ1) is 17.6. The molecule has 5 heteroatoms. The van der Waals surface area contributed by atoms with Crippen molar-refractivity contribution in [1.29, 1.82) is 0 Å². The van der Waals surface area contributed by atoms with Crippen molar-refractivity contribution in [3.8, 4) is 16.9 Å². The van der Waals surface area contributed by atoms with Gasteiger partial charge in [-0.1, -0.05) is 84.9 Å². The van der Waals surface area contributed by atoms with Gasteiger partial charge in [-0.25, -0.2) is 0 Å². The first kappa shape index (κ1) is 24.7. The van der Waals surface area contributed by atoms with Crippen molar-refractivity contribution in [2.75, 3.05) is 13.7 Å². The van der Waals surface area contributed by atoms with E-state index in [0.29, 0.717) is 18.7 Å². The molecule has 4 aromatic rings. The number of hydrogen-bond donors (Lipinski definition) is 2. The molecule has 0 saturated carbocycles. The van der Waals surface area contributed by atoms with Crippen molar-refractivity contribution in [1.82, 2.24) is 10.6 Å². The lowest BCUT2D eigenvalue weighted by Crippen LogP contribution is -2.26. The Labute approximate surface area is 212 Å². The molecule has 0 spiro atoms. The number of benzene rings is 4. The van der Waals surface area contributed by atoms with Gasteiger partial charge >= 0.3 is 0 Å². The summed E-state index contributed by atoms with van der Waals surface area (Å²) in [6.45, 7) is 0.926. The molecule has 4 aromatic carbocycles. The van der Waals surface area contributed by atoms with Crippen LogP contribution in [0.25, 0.3) is 11.1 Å². The molecule has 2 N–H and O–H groups in total. The van der Waals surface area contributed by atoms with Gasteiger partial charge in [0.15, 0.2) is 0 Å². The number of carbonyl (C=O) groups excluding carboxylic acids is 2. The fourth-order valence-corrected chi connectivity index (χ4v) is 4.10. The molecule has 182 valence electrons. The number of rotatable bonds is 10. The number of carbonyl (C=O) groups is 2. The van der Waals surface area contributed by atoms with Crippen LogP contribution in [-0.4, -0.2) is 25.5 Å². The minimum atomic E-state index is -0.111. The topological polar surface area (TPSA) is 67.4 Å². The normalized spacial score (nSPS) is 10.5. The minimum Gasteiger partial charge on any atom is -0.497 e. The van der Waals surface area contributed by atoms with Crippen LogP contribution < -0.4 is 15.4 Å². The number of methoxy groups -OCH3 is 1. The van der Waals surface area contributed by atoms with E-state index in [4.69, 9.17) is 4.74 Å². The summed E-state index contributed by atoms with van der Waals surface area (Å²) in [7, 11) is 1.62. The molecule has 2 amide bonds. The summed E-state index contributed by atoms with van der Waals surface area (Å²) in [5, 5.41) is 6.06. The van der Waals surface area contributed by atoms with Crippen LogP contribution in [0.2, 0.25) is 0 Å². The highest BCUT2D eigenvalue weighted by atomic mass is 16.5. The fraction of sp³-hybridized carbons (Fsp3) is 0.161. The van der Waals surface area contributed by atoms with E-state index in [2.05, 4.69) is 22.8 Å². The molecule has 0 heterocycles. The van der Waals surface area contributed by atoms with Crippen LogP contribution in [0.15, 0.2) is 103 Å². The highest BCUT2D eigenvalue weighted by Crippen LogP contribution is 2.27. The summed E-state index contributed by atoms with van der Waals surface area (Å²) < 4.78 is 5.17. The predicted molar refractivity (Wildman–Crippen MR) is 143 cm³/mol. The van der Waals surface area contributed by atoms with Crippen LogP contribution in [0.3, 0.4) is 0 Å². The summed E-state index contributed by atoms with van der Waals surface area (Å²) in [6.07, 6.45) is 1.05. The molecule has 0 aromatic heterocycles. The molecule has 0 unspecified atom stereocenters. The maximum Gasteiger partial charge on any atom is 0.251 e. The van der Waals surface area contributed by atoms with Gasteiger partial charge in [-0.2, -0.15) is 0 Å². The zero-order valence-corrected chi connectivity index (χ0v) is 20.4. The van der Waals surface area contributed by atoms with Gasteiger partial charge in [0.2, 0.25) is 5.91 Å².